The molecule has 158 valence electrons. The zero-order chi connectivity index (χ0) is 20.6. The van der Waals surface area contributed by atoms with Crippen LogP contribution in [0.25, 0.3) is 0 Å². The number of fused-ring (bicyclic) bond motifs is 2. The number of aryl methyl sites for hydroxylation is 1. The number of rotatable bonds is 5. The van der Waals surface area contributed by atoms with Gasteiger partial charge in [-0.3, -0.25) is 9.58 Å². The highest BCUT2D eigenvalue weighted by molar-refractivity contribution is 7.90. The van der Waals surface area contributed by atoms with Gasteiger partial charge in [0.05, 0.1) is 30.2 Å². The first kappa shape index (κ1) is 20.8. The molecule has 3 heterocycles. The number of hydrogen-bond donors (Lipinski definition) is 0. The topological polar surface area (TPSA) is 77.3 Å². The van der Waals surface area contributed by atoms with Crippen LogP contribution < -0.4 is 0 Å². The second kappa shape index (κ2) is 7.98. The van der Waals surface area contributed by atoms with Gasteiger partial charge in [-0.05, 0) is 49.4 Å². The number of aromatic nitrogens is 3. The van der Waals surface area contributed by atoms with Gasteiger partial charge in [0.25, 0.3) is 0 Å². The highest BCUT2D eigenvalue weighted by Gasteiger charge is 2.43. The zero-order valence-electron chi connectivity index (χ0n) is 16.8. The van der Waals surface area contributed by atoms with E-state index in [9.17, 15) is 8.42 Å². The largest absolute Gasteiger partial charge is 0.370 e. The molecule has 0 saturated carbocycles. The van der Waals surface area contributed by atoms with E-state index in [0.717, 1.165) is 43.1 Å². The van der Waals surface area contributed by atoms with Crippen molar-refractivity contribution in [2.24, 2.45) is 0 Å². The standard InChI is InChI=1S/C20H27ClN4O3S/c1-15-12-20(19-11-17(21)4-3-16(19)5-9-28-20)6-7-24(15)13-18-14-25(23-22-18)8-10-29(2,26)27/h3-4,11,14-15H,5-10,12-13H2,1-2H3/t15-,20?/m0/s1. The molecule has 7 nitrogen and oxygen atoms in total. The van der Waals surface area contributed by atoms with Gasteiger partial charge >= 0.3 is 0 Å². The van der Waals surface area contributed by atoms with E-state index in [1.165, 1.54) is 17.4 Å². The summed E-state index contributed by atoms with van der Waals surface area (Å²) in [5.74, 6) is 0.0672. The Bertz CT molecular complexity index is 993. The van der Waals surface area contributed by atoms with E-state index in [2.05, 4.69) is 34.3 Å². The molecular weight excluding hydrogens is 412 g/mol. The normalized spacial score (nSPS) is 25.3. The molecule has 9 heteroatoms. The third kappa shape index (κ3) is 4.66. The first-order valence-corrected chi connectivity index (χ1v) is 12.4. The lowest BCUT2D eigenvalue weighted by Crippen LogP contribution is -2.50. The van der Waals surface area contributed by atoms with Crippen molar-refractivity contribution >= 4 is 21.4 Å². The van der Waals surface area contributed by atoms with Crippen molar-refractivity contribution in [1.29, 1.82) is 0 Å². The Morgan fingerprint density at radius 1 is 1.38 bits per heavy atom. The predicted octanol–water partition coefficient (Wildman–Crippen LogP) is 2.43. The van der Waals surface area contributed by atoms with Gasteiger partial charge in [0.2, 0.25) is 0 Å². The molecule has 29 heavy (non-hydrogen) atoms. The summed E-state index contributed by atoms with van der Waals surface area (Å²) in [5.41, 5.74) is 3.18. The van der Waals surface area contributed by atoms with Crippen molar-refractivity contribution in [2.45, 2.75) is 50.9 Å². The van der Waals surface area contributed by atoms with Crippen LogP contribution in [0.1, 0.15) is 36.6 Å². The number of benzene rings is 1. The van der Waals surface area contributed by atoms with E-state index in [-0.39, 0.29) is 11.4 Å². The smallest absolute Gasteiger partial charge is 0.149 e. The molecule has 0 amide bonds. The molecule has 2 aromatic rings. The monoisotopic (exact) mass is 438 g/mol. The maximum atomic E-state index is 11.3. The second-order valence-electron chi connectivity index (χ2n) is 8.27. The summed E-state index contributed by atoms with van der Waals surface area (Å²) >= 11 is 6.29. The van der Waals surface area contributed by atoms with Crippen molar-refractivity contribution in [3.63, 3.8) is 0 Å². The summed E-state index contributed by atoms with van der Waals surface area (Å²) in [6.45, 7) is 4.88. The summed E-state index contributed by atoms with van der Waals surface area (Å²) in [4.78, 5) is 2.39. The summed E-state index contributed by atoms with van der Waals surface area (Å²) in [7, 11) is -3.01. The van der Waals surface area contributed by atoms with Gasteiger partial charge in [-0.1, -0.05) is 22.9 Å². The Hall–Kier alpha value is -1.48. The Kier molecular flexibility index (Phi) is 5.72. The van der Waals surface area contributed by atoms with Gasteiger partial charge in [0, 0.05) is 36.6 Å². The summed E-state index contributed by atoms with van der Waals surface area (Å²) in [6, 6.07) is 6.49. The molecule has 4 rings (SSSR count). The van der Waals surface area contributed by atoms with Crippen molar-refractivity contribution in [1.82, 2.24) is 19.9 Å². The van der Waals surface area contributed by atoms with Crippen LogP contribution in [-0.2, 0) is 39.7 Å². The van der Waals surface area contributed by atoms with Crippen molar-refractivity contribution < 1.29 is 13.2 Å². The van der Waals surface area contributed by atoms with E-state index in [1.54, 1.807) is 4.68 Å². The Balaban J connectivity index is 1.43. The fourth-order valence-electron chi connectivity index (χ4n) is 4.48. The van der Waals surface area contributed by atoms with Crippen molar-refractivity contribution in [3.8, 4) is 0 Å². The fourth-order valence-corrected chi connectivity index (χ4v) is 5.17. The third-order valence-electron chi connectivity index (χ3n) is 6.01. The first-order valence-electron chi connectivity index (χ1n) is 9.98. The molecule has 0 aliphatic carbocycles. The molecule has 1 spiro atoms. The lowest BCUT2D eigenvalue weighted by Gasteiger charge is -2.48. The highest BCUT2D eigenvalue weighted by atomic mass is 35.5. The number of piperidine rings is 1. The minimum absolute atomic E-state index is 0.0672. The average molecular weight is 439 g/mol. The van der Waals surface area contributed by atoms with Crippen LogP contribution in [0.4, 0.5) is 0 Å². The van der Waals surface area contributed by atoms with Crippen LogP contribution in [0.15, 0.2) is 24.4 Å². The molecule has 0 radical (unpaired) electrons. The third-order valence-corrected chi connectivity index (χ3v) is 7.17. The average Bonchev–Trinajstić information content (AvgIpc) is 3.10. The molecule has 2 atom stereocenters. The SMILES string of the molecule is C[C@H]1CC2(CCN1Cc1cn(CCS(C)(=O)=O)nn1)OCCc1ccc(Cl)cc12. The van der Waals surface area contributed by atoms with E-state index in [4.69, 9.17) is 16.3 Å². The number of hydrogen-bond acceptors (Lipinski definition) is 6. The molecule has 1 unspecified atom stereocenters. The summed E-state index contributed by atoms with van der Waals surface area (Å²) < 4.78 is 30.6. The molecular formula is C20H27ClN4O3S. The van der Waals surface area contributed by atoms with Crippen molar-refractivity contribution in [3.05, 3.63) is 46.2 Å². The number of nitrogens with zero attached hydrogens (tertiary/aromatic N) is 4. The van der Waals surface area contributed by atoms with Crippen LogP contribution in [-0.4, -0.2) is 59.5 Å². The van der Waals surface area contributed by atoms with Crippen LogP contribution in [0.3, 0.4) is 0 Å². The molecule has 1 aromatic heterocycles. The molecule has 2 aliphatic rings. The number of ether oxygens (including phenoxy) is 1. The molecule has 1 fully saturated rings. The van der Waals surface area contributed by atoms with E-state index in [0.29, 0.717) is 19.1 Å². The van der Waals surface area contributed by atoms with Crippen LogP contribution >= 0.6 is 11.6 Å². The second-order valence-corrected chi connectivity index (χ2v) is 11.0. The van der Waals surface area contributed by atoms with Crippen molar-refractivity contribution in [2.75, 3.05) is 25.2 Å². The van der Waals surface area contributed by atoms with E-state index < -0.39 is 9.84 Å². The summed E-state index contributed by atoms with van der Waals surface area (Å²) in [6.07, 6.45) is 5.82. The molecule has 0 N–H and O–H groups in total. The lowest BCUT2D eigenvalue weighted by atomic mass is 9.77. The first-order chi connectivity index (χ1) is 13.7. The van der Waals surface area contributed by atoms with Crippen LogP contribution in [0.5, 0.6) is 0 Å². The minimum atomic E-state index is -3.01. The Morgan fingerprint density at radius 3 is 2.97 bits per heavy atom. The molecule has 0 bridgehead atoms. The Labute approximate surface area is 176 Å². The van der Waals surface area contributed by atoms with Crippen LogP contribution in [0, 0.1) is 0 Å². The van der Waals surface area contributed by atoms with Gasteiger partial charge in [-0.25, -0.2) is 8.42 Å². The van der Waals surface area contributed by atoms with E-state index >= 15 is 0 Å². The van der Waals surface area contributed by atoms with Gasteiger partial charge in [0.15, 0.2) is 0 Å². The fraction of sp³-hybridized carbons (Fsp3) is 0.600. The van der Waals surface area contributed by atoms with Crippen LogP contribution in [0.2, 0.25) is 5.02 Å². The van der Waals surface area contributed by atoms with E-state index in [1.807, 2.05) is 12.3 Å². The lowest BCUT2D eigenvalue weighted by molar-refractivity contribution is -0.113. The zero-order valence-corrected chi connectivity index (χ0v) is 18.4. The maximum absolute atomic E-state index is 11.3. The quantitative estimate of drug-likeness (QED) is 0.713. The molecule has 1 saturated heterocycles. The van der Waals surface area contributed by atoms with Gasteiger partial charge in [0.1, 0.15) is 9.84 Å². The number of sulfone groups is 1. The van der Waals surface area contributed by atoms with Gasteiger partial charge in [-0.2, -0.15) is 0 Å². The predicted molar refractivity (Wildman–Crippen MR) is 112 cm³/mol. The molecule has 2 aliphatic heterocycles. The number of halogens is 1. The highest BCUT2D eigenvalue weighted by Crippen LogP contribution is 2.44. The number of likely N-dealkylation sites (tertiary alicyclic amines) is 1. The maximum Gasteiger partial charge on any atom is 0.149 e. The van der Waals surface area contributed by atoms with Gasteiger partial charge < -0.3 is 4.74 Å². The van der Waals surface area contributed by atoms with Gasteiger partial charge in [-0.15, -0.1) is 5.10 Å². The minimum Gasteiger partial charge on any atom is -0.370 e. The Morgan fingerprint density at radius 2 is 2.21 bits per heavy atom. The molecule has 1 aromatic carbocycles. The summed E-state index contributed by atoms with van der Waals surface area (Å²) in [5, 5.41) is 9.05.